The van der Waals surface area contributed by atoms with Crippen LogP contribution in [0.15, 0.2) is 4.79 Å². The van der Waals surface area contributed by atoms with Crippen molar-refractivity contribution in [2.75, 3.05) is 5.73 Å². The second-order valence-electron chi connectivity index (χ2n) is 6.38. The van der Waals surface area contributed by atoms with Gasteiger partial charge in [0.1, 0.15) is 5.82 Å². The molecule has 0 spiro atoms. The molecule has 4 aliphatic rings. The molecule has 18 heavy (non-hydrogen) atoms. The second kappa shape index (κ2) is 3.56. The molecule has 4 fully saturated rings. The molecule has 0 atom stereocenters. The predicted octanol–water partition coefficient (Wildman–Crippen LogP) is 1.29. The molecular weight excluding hydrogens is 228 g/mol. The predicted molar refractivity (Wildman–Crippen MR) is 66.9 cm³/mol. The number of hydrogen-bond acceptors (Lipinski definition) is 4. The molecule has 1 aromatic heterocycles. The van der Waals surface area contributed by atoms with Gasteiger partial charge in [-0.25, -0.2) is 0 Å². The number of nitrogens with one attached hydrogen (secondary N) is 1. The highest BCUT2D eigenvalue weighted by molar-refractivity contribution is 5.21. The smallest absolute Gasteiger partial charge is 0.293 e. The van der Waals surface area contributed by atoms with Gasteiger partial charge in [-0.2, -0.15) is 0 Å². The molecule has 1 heterocycles. The first-order valence-corrected chi connectivity index (χ1v) is 6.93. The molecule has 5 rings (SSSR count). The summed E-state index contributed by atoms with van der Waals surface area (Å²) in [5.41, 5.74) is 5.16. The minimum absolute atomic E-state index is 0.0254. The van der Waals surface area contributed by atoms with Gasteiger partial charge >= 0.3 is 0 Å². The third kappa shape index (κ3) is 1.42. The molecular formula is C13H18N4O. The van der Waals surface area contributed by atoms with Gasteiger partial charge in [0.25, 0.3) is 5.56 Å². The number of nitrogens with zero attached hydrogens (tertiary/aromatic N) is 2. The van der Waals surface area contributed by atoms with E-state index >= 15 is 0 Å². The Morgan fingerprint density at radius 2 is 1.61 bits per heavy atom. The van der Waals surface area contributed by atoms with Crippen molar-refractivity contribution in [2.45, 2.75) is 38.0 Å². The lowest BCUT2D eigenvalue weighted by Gasteiger charge is -2.53. The molecule has 0 unspecified atom stereocenters. The van der Waals surface area contributed by atoms with Crippen molar-refractivity contribution in [3.05, 3.63) is 16.2 Å². The zero-order valence-electron chi connectivity index (χ0n) is 10.3. The standard InChI is InChI=1S/C13H18N4O/c14-11-13(18)15-12(17-16-11)10-8-2-6-1-7(4-8)5-9(10)3-6/h6-10H,1-5H2,(H2,14,16)(H,15,17,18). The van der Waals surface area contributed by atoms with Crippen molar-refractivity contribution < 1.29 is 0 Å². The van der Waals surface area contributed by atoms with E-state index in [1.165, 1.54) is 32.1 Å². The Kier molecular flexibility index (Phi) is 2.08. The van der Waals surface area contributed by atoms with Crippen LogP contribution in [-0.2, 0) is 0 Å². The molecule has 4 aliphatic carbocycles. The molecule has 1 aromatic rings. The fraction of sp³-hybridized carbons (Fsp3) is 0.769. The summed E-state index contributed by atoms with van der Waals surface area (Å²) in [4.78, 5) is 14.4. The Morgan fingerprint density at radius 1 is 1.00 bits per heavy atom. The number of nitrogen functional groups attached to an aromatic ring is 1. The van der Waals surface area contributed by atoms with Crippen LogP contribution in [0.1, 0.15) is 43.8 Å². The maximum atomic E-state index is 11.6. The first kappa shape index (κ1) is 10.5. The van der Waals surface area contributed by atoms with Crippen LogP contribution in [0.25, 0.3) is 0 Å². The molecule has 3 N–H and O–H groups in total. The number of aromatic amines is 1. The largest absolute Gasteiger partial charge is 0.378 e. The van der Waals surface area contributed by atoms with Crippen LogP contribution in [-0.4, -0.2) is 15.2 Å². The van der Waals surface area contributed by atoms with Crippen molar-refractivity contribution in [1.82, 2.24) is 15.2 Å². The fourth-order valence-electron chi connectivity index (χ4n) is 4.88. The molecule has 0 aromatic carbocycles. The molecule has 0 saturated heterocycles. The Balaban J connectivity index is 1.72. The van der Waals surface area contributed by atoms with Gasteiger partial charge in [-0.1, -0.05) is 0 Å². The SMILES string of the molecule is Nc1nnc(C2C3CC4CC(C3)CC2C4)[nH]c1=O. The summed E-state index contributed by atoms with van der Waals surface area (Å²) in [6, 6.07) is 0. The number of rotatable bonds is 1. The van der Waals surface area contributed by atoms with E-state index in [9.17, 15) is 4.79 Å². The first-order chi connectivity index (χ1) is 8.70. The van der Waals surface area contributed by atoms with Gasteiger partial charge in [-0.05, 0) is 55.8 Å². The van der Waals surface area contributed by atoms with Crippen LogP contribution in [0.4, 0.5) is 5.82 Å². The van der Waals surface area contributed by atoms with E-state index in [0.717, 1.165) is 17.7 Å². The highest BCUT2D eigenvalue weighted by atomic mass is 16.1. The van der Waals surface area contributed by atoms with Crippen LogP contribution in [0.3, 0.4) is 0 Å². The van der Waals surface area contributed by atoms with Gasteiger partial charge in [-0.15, -0.1) is 10.2 Å². The molecule has 4 saturated carbocycles. The first-order valence-electron chi connectivity index (χ1n) is 6.93. The third-order valence-corrected chi connectivity index (χ3v) is 5.28. The van der Waals surface area contributed by atoms with Gasteiger partial charge in [0.2, 0.25) is 5.82 Å². The van der Waals surface area contributed by atoms with E-state index in [1.54, 1.807) is 0 Å². The molecule has 4 bridgehead atoms. The van der Waals surface area contributed by atoms with Crippen LogP contribution in [0.2, 0.25) is 0 Å². The Labute approximate surface area is 105 Å². The average molecular weight is 246 g/mol. The maximum absolute atomic E-state index is 11.6. The van der Waals surface area contributed by atoms with Crippen molar-refractivity contribution in [3.63, 3.8) is 0 Å². The third-order valence-electron chi connectivity index (χ3n) is 5.28. The van der Waals surface area contributed by atoms with Crippen LogP contribution in [0.5, 0.6) is 0 Å². The lowest BCUT2D eigenvalue weighted by molar-refractivity contribution is -0.00603. The number of anilines is 1. The number of aromatic nitrogens is 3. The van der Waals surface area contributed by atoms with Gasteiger partial charge in [0.05, 0.1) is 0 Å². The molecule has 0 amide bonds. The molecule has 0 aliphatic heterocycles. The second-order valence-corrected chi connectivity index (χ2v) is 6.38. The van der Waals surface area contributed by atoms with Crippen molar-refractivity contribution >= 4 is 5.82 Å². The fourth-order valence-corrected chi connectivity index (χ4v) is 4.88. The quantitative estimate of drug-likeness (QED) is 0.782. The highest BCUT2D eigenvalue weighted by Crippen LogP contribution is 2.59. The van der Waals surface area contributed by atoms with Crippen LogP contribution >= 0.6 is 0 Å². The molecule has 0 radical (unpaired) electrons. The lowest BCUT2D eigenvalue weighted by Crippen LogP contribution is -2.44. The minimum Gasteiger partial charge on any atom is -0.378 e. The molecule has 5 nitrogen and oxygen atoms in total. The van der Waals surface area contributed by atoms with Gasteiger partial charge in [-0.3, -0.25) is 4.79 Å². The summed E-state index contributed by atoms with van der Waals surface area (Å²) in [6.45, 7) is 0. The molecule has 5 heteroatoms. The highest BCUT2D eigenvalue weighted by Gasteiger charge is 2.49. The summed E-state index contributed by atoms with van der Waals surface area (Å²) >= 11 is 0. The van der Waals surface area contributed by atoms with Crippen LogP contribution in [0, 0.1) is 23.7 Å². The monoisotopic (exact) mass is 246 g/mol. The van der Waals surface area contributed by atoms with Crippen LogP contribution < -0.4 is 11.3 Å². The van der Waals surface area contributed by atoms with E-state index in [0.29, 0.717) is 17.8 Å². The zero-order valence-corrected chi connectivity index (χ0v) is 10.3. The summed E-state index contributed by atoms with van der Waals surface area (Å²) < 4.78 is 0. The van der Waals surface area contributed by atoms with E-state index in [4.69, 9.17) is 5.73 Å². The molecule has 96 valence electrons. The van der Waals surface area contributed by atoms with Gasteiger partial charge < -0.3 is 10.7 Å². The average Bonchev–Trinajstić information content (AvgIpc) is 2.32. The summed E-state index contributed by atoms with van der Waals surface area (Å²) in [6.07, 6.45) is 6.68. The number of nitrogens with two attached hydrogens (primary N) is 1. The van der Waals surface area contributed by atoms with Gasteiger partial charge in [0.15, 0.2) is 0 Å². The Hall–Kier alpha value is -1.39. The summed E-state index contributed by atoms with van der Waals surface area (Å²) in [7, 11) is 0. The van der Waals surface area contributed by atoms with E-state index in [1.807, 2.05) is 0 Å². The minimum atomic E-state index is -0.284. The lowest BCUT2D eigenvalue weighted by atomic mass is 9.52. The van der Waals surface area contributed by atoms with Crippen molar-refractivity contribution in [1.29, 1.82) is 0 Å². The van der Waals surface area contributed by atoms with E-state index in [2.05, 4.69) is 15.2 Å². The zero-order chi connectivity index (χ0) is 12.3. The normalized spacial score (nSPS) is 41.2. The Bertz CT molecular complexity index is 510. The van der Waals surface area contributed by atoms with E-state index in [-0.39, 0.29) is 11.4 Å². The summed E-state index contributed by atoms with van der Waals surface area (Å²) in [5.74, 6) is 4.43. The number of H-pyrrole nitrogens is 1. The van der Waals surface area contributed by atoms with Crippen molar-refractivity contribution in [2.24, 2.45) is 23.7 Å². The van der Waals surface area contributed by atoms with E-state index < -0.39 is 0 Å². The summed E-state index contributed by atoms with van der Waals surface area (Å²) in [5, 5.41) is 7.95. The van der Waals surface area contributed by atoms with Gasteiger partial charge in [0, 0.05) is 5.92 Å². The Morgan fingerprint density at radius 3 is 2.17 bits per heavy atom. The van der Waals surface area contributed by atoms with Crippen molar-refractivity contribution in [3.8, 4) is 0 Å². The maximum Gasteiger partial charge on any atom is 0.293 e. The number of hydrogen-bond donors (Lipinski definition) is 2. The topological polar surface area (TPSA) is 84.7 Å².